The molecule has 2 N–H and O–H groups in total. The average molecular weight is 382 g/mol. The summed E-state index contributed by atoms with van der Waals surface area (Å²) in [5.74, 6) is 2.93. The van der Waals surface area contributed by atoms with Crippen LogP contribution in [0.15, 0.2) is 17.1 Å². The third kappa shape index (κ3) is 5.95. The second-order valence-corrected chi connectivity index (χ2v) is 7.09. The van der Waals surface area contributed by atoms with Gasteiger partial charge >= 0.3 is 0 Å². The summed E-state index contributed by atoms with van der Waals surface area (Å²) >= 11 is 6.34. The van der Waals surface area contributed by atoms with Crippen LogP contribution >= 0.6 is 11.6 Å². The maximum absolute atomic E-state index is 6.34. The molecule has 0 radical (unpaired) electrons. The van der Waals surface area contributed by atoms with Gasteiger partial charge in [0.25, 0.3) is 0 Å². The van der Waals surface area contributed by atoms with Crippen LogP contribution in [0, 0.1) is 5.92 Å². The summed E-state index contributed by atoms with van der Waals surface area (Å²) in [6.45, 7) is 4.41. The van der Waals surface area contributed by atoms with E-state index in [0.29, 0.717) is 36.3 Å². The maximum atomic E-state index is 6.34. The van der Waals surface area contributed by atoms with Crippen molar-refractivity contribution < 1.29 is 14.2 Å². The molecule has 0 aromatic heterocycles. The van der Waals surface area contributed by atoms with E-state index >= 15 is 0 Å². The highest BCUT2D eigenvalue weighted by atomic mass is 35.5. The molecule has 1 aliphatic carbocycles. The van der Waals surface area contributed by atoms with E-state index in [0.717, 1.165) is 50.0 Å². The van der Waals surface area contributed by atoms with Crippen LogP contribution in [0.5, 0.6) is 11.5 Å². The van der Waals surface area contributed by atoms with Crippen molar-refractivity contribution in [3.8, 4) is 11.5 Å². The average Bonchev–Trinajstić information content (AvgIpc) is 3.47. The van der Waals surface area contributed by atoms with Crippen molar-refractivity contribution in [1.82, 2.24) is 10.6 Å². The monoisotopic (exact) mass is 381 g/mol. The standard InChI is InChI=1S/C19H28ClN3O3/c1-21-19(22-6-2-7-24-13-14-4-5-14)23-12-15-10-16(20)18-17(11-15)25-8-3-9-26-18/h10-11,14H,2-9,12-13H2,1H3,(H2,21,22,23). The van der Waals surface area contributed by atoms with Crippen LogP contribution in [0.2, 0.25) is 5.02 Å². The van der Waals surface area contributed by atoms with Crippen molar-refractivity contribution in [2.45, 2.75) is 32.2 Å². The number of hydrogen-bond donors (Lipinski definition) is 2. The fourth-order valence-corrected chi connectivity index (χ4v) is 3.00. The summed E-state index contributed by atoms with van der Waals surface area (Å²) in [6.07, 6.45) is 4.49. The molecule has 0 spiro atoms. The third-order valence-electron chi connectivity index (χ3n) is 4.35. The molecular formula is C19H28ClN3O3. The van der Waals surface area contributed by atoms with Crippen molar-refractivity contribution in [1.29, 1.82) is 0 Å². The molecule has 144 valence electrons. The van der Waals surface area contributed by atoms with Gasteiger partial charge in [0.15, 0.2) is 17.5 Å². The van der Waals surface area contributed by atoms with Gasteiger partial charge in [-0.2, -0.15) is 0 Å². The van der Waals surface area contributed by atoms with Crippen LogP contribution in [0.25, 0.3) is 0 Å². The zero-order chi connectivity index (χ0) is 18.2. The lowest BCUT2D eigenvalue weighted by atomic mass is 10.2. The van der Waals surface area contributed by atoms with Gasteiger partial charge in [-0.3, -0.25) is 4.99 Å². The molecule has 3 rings (SSSR count). The van der Waals surface area contributed by atoms with E-state index in [2.05, 4.69) is 15.6 Å². The Morgan fingerprint density at radius 1 is 1.27 bits per heavy atom. The van der Waals surface area contributed by atoms with Crippen molar-refractivity contribution in [3.05, 3.63) is 22.7 Å². The summed E-state index contributed by atoms with van der Waals surface area (Å²) in [4.78, 5) is 4.25. The number of fused-ring (bicyclic) bond motifs is 1. The van der Waals surface area contributed by atoms with Gasteiger partial charge in [0, 0.05) is 39.8 Å². The van der Waals surface area contributed by atoms with E-state index < -0.39 is 0 Å². The second kappa shape index (κ2) is 9.88. The molecule has 0 bridgehead atoms. The fourth-order valence-electron chi connectivity index (χ4n) is 2.71. The van der Waals surface area contributed by atoms with Gasteiger partial charge in [-0.1, -0.05) is 11.6 Å². The quantitative estimate of drug-likeness (QED) is 0.412. The number of rotatable bonds is 8. The van der Waals surface area contributed by atoms with Crippen molar-refractivity contribution in [2.24, 2.45) is 10.9 Å². The lowest BCUT2D eigenvalue weighted by Gasteiger charge is -2.14. The Morgan fingerprint density at radius 2 is 2.12 bits per heavy atom. The number of guanidine groups is 1. The maximum Gasteiger partial charge on any atom is 0.191 e. The number of ether oxygens (including phenoxy) is 3. The van der Waals surface area contributed by atoms with Gasteiger partial charge in [0.2, 0.25) is 0 Å². The zero-order valence-electron chi connectivity index (χ0n) is 15.4. The van der Waals surface area contributed by atoms with Gasteiger partial charge in [-0.05, 0) is 42.9 Å². The molecular weight excluding hydrogens is 354 g/mol. The fraction of sp³-hybridized carbons (Fsp3) is 0.632. The summed E-state index contributed by atoms with van der Waals surface area (Å²) in [5.41, 5.74) is 1.02. The Morgan fingerprint density at radius 3 is 2.92 bits per heavy atom. The van der Waals surface area contributed by atoms with Crippen molar-refractivity contribution >= 4 is 17.6 Å². The summed E-state index contributed by atoms with van der Waals surface area (Å²) in [5, 5.41) is 7.18. The molecule has 1 fully saturated rings. The van der Waals surface area contributed by atoms with Crippen LogP contribution < -0.4 is 20.1 Å². The molecule has 0 saturated heterocycles. The highest BCUT2D eigenvalue weighted by Gasteiger charge is 2.20. The van der Waals surface area contributed by atoms with Gasteiger partial charge < -0.3 is 24.8 Å². The molecule has 1 aliphatic heterocycles. The number of nitrogens with one attached hydrogen (secondary N) is 2. The summed E-state index contributed by atoms with van der Waals surface area (Å²) < 4.78 is 17.0. The van der Waals surface area contributed by atoms with Crippen molar-refractivity contribution in [3.63, 3.8) is 0 Å². The highest BCUT2D eigenvalue weighted by Crippen LogP contribution is 2.37. The first-order valence-electron chi connectivity index (χ1n) is 9.36. The molecule has 1 aromatic carbocycles. The third-order valence-corrected chi connectivity index (χ3v) is 4.63. The number of aliphatic imine (C=N–C) groups is 1. The second-order valence-electron chi connectivity index (χ2n) is 6.68. The Hall–Kier alpha value is -1.66. The highest BCUT2D eigenvalue weighted by molar-refractivity contribution is 6.32. The predicted octanol–water partition coefficient (Wildman–Crippen LogP) is 2.98. The molecule has 2 aliphatic rings. The van der Waals surface area contributed by atoms with Gasteiger partial charge in [0.1, 0.15) is 0 Å². The first kappa shape index (κ1) is 19.1. The molecule has 7 heteroatoms. The molecule has 26 heavy (non-hydrogen) atoms. The van der Waals surface area contributed by atoms with E-state index in [9.17, 15) is 0 Å². The van der Waals surface area contributed by atoms with Crippen LogP contribution in [-0.2, 0) is 11.3 Å². The minimum absolute atomic E-state index is 0.581. The zero-order valence-corrected chi connectivity index (χ0v) is 16.1. The lowest BCUT2D eigenvalue weighted by Crippen LogP contribution is -2.37. The minimum Gasteiger partial charge on any atom is -0.489 e. The number of nitrogens with zero attached hydrogens (tertiary/aromatic N) is 1. The smallest absolute Gasteiger partial charge is 0.191 e. The summed E-state index contributed by atoms with van der Waals surface area (Å²) in [7, 11) is 1.76. The largest absolute Gasteiger partial charge is 0.489 e. The van der Waals surface area contributed by atoms with Crippen LogP contribution in [-0.4, -0.2) is 46.0 Å². The Labute approximate surface area is 160 Å². The molecule has 0 atom stereocenters. The topological polar surface area (TPSA) is 64.1 Å². The van der Waals surface area contributed by atoms with Crippen LogP contribution in [0.1, 0.15) is 31.2 Å². The van der Waals surface area contributed by atoms with E-state index in [1.54, 1.807) is 7.05 Å². The van der Waals surface area contributed by atoms with Crippen molar-refractivity contribution in [2.75, 3.05) is 40.0 Å². The Bertz CT molecular complexity index is 620. The van der Waals surface area contributed by atoms with E-state index in [-0.39, 0.29) is 0 Å². The predicted molar refractivity (Wildman–Crippen MR) is 103 cm³/mol. The molecule has 1 heterocycles. The normalized spacial score (nSPS) is 16.9. The molecule has 0 amide bonds. The van der Waals surface area contributed by atoms with E-state index in [1.807, 2.05) is 12.1 Å². The van der Waals surface area contributed by atoms with Crippen LogP contribution in [0.4, 0.5) is 0 Å². The number of halogens is 1. The molecule has 0 unspecified atom stereocenters. The molecule has 1 saturated carbocycles. The lowest BCUT2D eigenvalue weighted by molar-refractivity contribution is 0.123. The minimum atomic E-state index is 0.581. The summed E-state index contributed by atoms with van der Waals surface area (Å²) in [6, 6.07) is 3.87. The Kier molecular flexibility index (Phi) is 7.26. The number of hydrogen-bond acceptors (Lipinski definition) is 4. The van der Waals surface area contributed by atoms with Gasteiger partial charge in [0.05, 0.1) is 18.2 Å². The molecule has 1 aromatic rings. The van der Waals surface area contributed by atoms with Gasteiger partial charge in [-0.15, -0.1) is 0 Å². The number of benzene rings is 1. The van der Waals surface area contributed by atoms with E-state index in [4.69, 9.17) is 25.8 Å². The Balaban J connectivity index is 1.41. The first-order valence-corrected chi connectivity index (χ1v) is 9.74. The first-order chi connectivity index (χ1) is 12.8. The van der Waals surface area contributed by atoms with Crippen LogP contribution in [0.3, 0.4) is 0 Å². The van der Waals surface area contributed by atoms with E-state index in [1.165, 1.54) is 12.8 Å². The van der Waals surface area contributed by atoms with Gasteiger partial charge in [-0.25, -0.2) is 0 Å². The SMILES string of the molecule is CN=C(NCCCOCC1CC1)NCc1cc(Cl)c2c(c1)OCCCO2. The molecule has 6 nitrogen and oxygen atoms in total.